The van der Waals surface area contributed by atoms with Gasteiger partial charge in [0.25, 0.3) is 17.5 Å². The second-order valence-corrected chi connectivity index (χ2v) is 28.5. The highest BCUT2D eigenvalue weighted by Gasteiger charge is 2.37. The average Bonchev–Trinajstić information content (AvgIpc) is 0.779. The number of fused-ring (bicyclic) bond motifs is 3. The van der Waals surface area contributed by atoms with Gasteiger partial charge in [-0.15, -0.1) is 0 Å². The molecule has 14 rings (SSSR count). The Bertz CT molecular complexity index is 4870. The van der Waals surface area contributed by atoms with Crippen LogP contribution in [0.2, 0.25) is 0 Å². The second kappa shape index (κ2) is 35.0. The van der Waals surface area contributed by atoms with E-state index in [-0.39, 0.29) is 53.7 Å². The highest BCUT2D eigenvalue weighted by Crippen LogP contribution is 2.38. The van der Waals surface area contributed by atoms with Crippen LogP contribution in [0.1, 0.15) is 123 Å². The molecule has 3 aliphatic heterocycles. The fourth-order valence-electron chi connectivity index (χ4n) is 14.8. The van der Waals surface area contributed by atoms with E-state index in [0.717, 1.165) is 127 Å². The van der Waals surface area contributed by atoms with Gasteiger partial charge < -0.3 is 15.1 Å². The van der Waals surface area contributed by atoms with Crippen LogP contribution in [-0.4, -0.2) is 184 Å². The van der Waals surface area contributed by atoms with Gasteiger partial charge in [0.15, 0.2) is 10.7 Å². The van der Waals surface area contributed by atoms with Gasteiger partial charge in [-0.05, 0) is 105 Å². The van der Waals surface area contributed by atoms with Gasteiger partial charge in [0.05, 0.1) is 39.6 Å². The molecule has 11 aromatic rings. The largest absolute Gasteiger partial charge is 0.339 e. The minimum absolute atomic E-state index is 0.0197. The van der Waals surface area contributed by atoms with Crippen molar-refractivity contribution in [1.29, 1.82) is 0 Å². The van der Waals surface area contributed by atoms with Crippen molar-refractivity contribution in [2.24, 2.45) is 0 Å². The van der Waals surface area contributed by atoms with Crippen LogP contribution >= 0.6 is 0 Å². The molecule has 0 bridgehead atoms. The molecular weight excluding hydrogens is 1330 g/mol. The summed E-state index contributed by atoms with van der Waals surface area (Å²) in [5.74, 6) is 0.167. The molecule has 3 fully saturated rings. The zero-order valence-corrected chi connectivity index (χ0v) is 61.3. The van der Waals surface area contributed by atoms with Gasteiger partial charge in [-0.3, -0.25) is 59.0 Å². The van der Waals surface area contributed by atoms with Crippen LogP contribution in [0.5, 0.6) is 0 Å². The SMILES string of the molecule is CC(=O)c1ccc(C(c2cccc3cccnc23)N2CCN(S(=O)(=O)c3ccccc3[N+](=O)[O-])CC2)cc1.CCN(CC)C(=O)c1ccc(C(c2cccc3cccnc23)N2CCN(Cc3ccccc3)CC2)cc1.CCN(CC)C(=O)c1ccc(C(c2cccc3cccnc23)N2CCNCC2)cc1. The van der Waals surface area contributed by atoms with E-state index in [9.17, 15) is 32.9 Å². The van der Waals surface area contributed by atoms with Crippen LogP contribution in [0.3, 0.4) is 0 Å². The van der Waals surface area contributed by atoms with Crippen molar-refractivity contribution in [2.45, 2.75) is 64.2 Å². The predicted molar refractivity (Wildman–Crippen MR) is 416 cm³/mol. The molecule has 3 atom stereocenters. The number of pyridine rings is 3. The van der Waals surface area contributed by atoms with Crippen molar-refractivity contribution in [3.8, 4) is 0 Å². The molecule has 105 heavy (non-hydrogen) atoms. The summed E-state index contributed by atoms with van der Waals surface area (Å²) in [6, 6.07) is 71.0. The Labute approximate surface area is 616 Å². The van der Waals surface area contributed by atoms with E-state index in [2.05, 4.69) is 133 Å². The summed E-state index contributed by atoms with van der Waals surface area (Å²) in [6.45, 7) is 22.5. The summed E-state index contributed by atoms with van der Waals surface area (Å²) in [7, 11) is -4.05. The molecule has 3 saturated heterocycles. The van der Waals surface area contributed by atoms with Crippen LogP contribution in [0.15, 0.2) is 242 Å². The molecule has 19 nitrogen and oxygen atoms in total. The lowest BCUT2D eigenvalue weighted by Crippen LogP contribution is -2.49. The maximum atomic E-state index is 13.4. The number of hydrogen-bond donors (Lipinski definition) is 1. The van der Waals surface area contributed by atoms with Gasteiger partial charge in [0.1, 0.15) is 0 Å². The molecule has 8 aromatic carbocycles. The maximum absolute atomic E-state index is 13.4. The van der Waals surface area contributed by atoms with E-state index in [1.54, 1.807) is 18.3 Å². The fourth-order valence-corrected chi connectivity index (χ4v) is 16.4. The number of sulfonamides is 1. The first kappa shape index (κ1) is 74.4. The first-order valence-electron chi connectivity index (χ1n) is 36.5. The van der Waals surface area contributed by atoms with Crippen molar-refractivity contribution in [1.82, 2.24) is 54.0 Å². The zero-order valence-electron chi connectivity index (χ0n) is 60.5. The number of hydrogen-bond acceptors (Lipinski definition) is 15. The first-order chi connectivity index (χ1) is 51.2. The first-order valence-corrected chi connectivity index (χ1v) is 37.9. The highest BCUT2D eigenvalue weighted by atomic mass is 32.2. The number of piperazine rings is 3. The number of Topliss-reactive ketones (excluding diaryl/α,β-unsaturated/α-hetero) is 1. The molecule has 0 aliphatic carbocycles. The number of benzene rings is 8. The predicted octanol–water partition coefficient (Wildman–Crippen LogP) is 13.8. The second-order valence-electron chi connectivity index (χ2n) is 26.6. The van der Waals surface area contributed by atoms with Crippen molar-refractivity contribution in [3.05, 3.63) is 303 Å². The summed E-state index contributed by atoms with van der Waals surface area (Å²) in [5, 5.41) is 18.2. The monoisotopic (exact) mass is 1420 g/mol. The van der Waals surface area contributed by atoms with Crippen molar-refractivity contribution < 1.29 is 27.7 Å². The summed E-state index contributed by atoms with van der Waals surface area (Å²) in [6.07, 6.45) is 5.50. The minimum atomic E-state index is -4.05. The molecular formula is C85H92N12O7S. The summed E-state index contributed by atoms with van der Waals surface area (Å²) < 4.78 is 28.0. The maximum Gasteiger partial charge on any atom is 0.289 e. The molecule has 0 radical (unpaired) electrons. The number of nitro groups is 1. The van der Waals surface area contributed by atoms with Gasteiger partial charge in [-0.1, -0.05) is 164 Å². The Morgan fingerprint density at radius 2 is 0.819 bits per heavy atom. The Hall–Kier alpha value is -10.3. The number of amides is 2. The third-order valence-electron chi connectivity index (χ3n) is 20.4. The van der Waals surface area contributed by atoms with Crippen molar-refractivity contribution in [2.75, 3.05) is 105 Å². The third kappa shape index (κ3) is 17.3. The number of rotatable bonds is 21. The number of para-hydroxylation sites is 4. The molecule has 0 spiro atoms. The van der Waals surface area contributed by atoms with Crippen molar-refractivity contribution >= 4 is 66.0 Å². The number of nitrogens with one attached hydrogen (secondary N) is 1. The molecule has 3 aliphatic rings. The summed E-state index contributed by atoms with van der Waals surface area (Å²) in [4.78, 5) is 75.7. The Morgan fingerprint density at radius 3 is 1.22 bits per heavy atom. The summed E-state index contributed by atoms with van der Waals surface area (Å²) in [5.41, 5.74) is 12.8. The molecule has 0 saturated carbocycles. The molecule has 3 aromatic heterocycles. The van der Waals surface area contributed by atoms with Gasteiger partial charge in [0, 0.05) is 185 Å². The number of carbonyl (C=O) groups is 3. The molecule has 3 unspecified atom stereocenters. The fraction of sp³-hybridized carbons (Fsp3) is 0.294. The standard InChI is InChI=1S/C32H36N4O.C28H26N4O5S.C25H30N4O/c1-3-35(4-2)32(37)28-17-15-27(16-18-28)31(29-14-8-12-26-13-9-19-33-30(26)29)36-22-20-34(21-23-36)24-25-10-6-5-7-11-25;1-20(33)21-11-13-23(14-12-21)28(24-8-4-6-22-7-5-15-29-27(22)24)30-16-18-31(19-17-30)38(36,37)26-10-3-2-9-25(26)32(34)35;1-3-28(4-2)25(30)21-12-10-20(11-13-21)24(29-17-15-26-16-18-29)22-9-5-7-19-8-6-14-27-23(19)22/h5-19,31H,3-4,20-24H2,1-2H3;2-15,28H,16-19H2,1H3;5-14,24,26H,3-4,15-18H2,1-2H3. The number of nitrogens with zero attached hydrogens (tertiary/aromatic N) is 11. The lowest BCUT2D eigenvalue weighted by Gasteiger charge is -2.40. The van der Waals surface area contributed by atoms with Gasteiger partial charge >= 0.3 is 0 Å². The average molecular weight is 1430 g/mol. The van der Waals surface area contributed by atoms with Crippen LogP contribution in [0.4, 0.5) is 5.69 Å². The highest BCUT2D eigenvalue weighted by molar-refractivity contribution is 7.89. The molecule has 6 heterocycles. The summed E-state index contributed by atoms with van der Waals surface area (Å²) >= 11 is 0. The smallest absolute Gasteiger partial charge is 0.289 e. The van der Waals surface area contributed by atoms with E-state index in [1.807, 2.05) is 129 Å². The topological polar surface area (TPSA) is 202 Å². The Balaban J connectivity index is 0.000000149. The quantitative estimate of drug-likeness (QED) is 0.0404. The van der Waals surface area contributed by atoms with Gasteiger partial charge in [-0.2, -0.15) is 4.31 Å². The number of ketones is 1. The molecule has 20 heteroatoms. The van der Waals surface area contributed by atoms with Crippen LogP contribution in [0.25, 0.3) is 32.7 Å². The van der Waals surface area contributed by atoms with E-state index < -0.39 is 20.6 Å². The van der Waals surface area contributed by atoms with Crippen LogP contribution in [0, 0.1) is 10.1 Å². The molecule has 1 N–H and O–H groups in total. The van der Waals surface area contributed by atoms with Crippen molar-refractivity contribution in [3.63, 3.8) is 0 Å². The minimum Gasteiger partial charge on any atom is -0.339 e. The Kier molecular flexibility index (Phi) is 24.8. The van der Waals surface area contributed by atoms with E-state index in [4.69, 9.17) is 9.97 Å². The third-order valence-corrected chi connectivity index (χ3v) is 22.4. The van der Waals surface area contributed by atoms with E-state index in [1.165, 1.54) is 63.3 Å². The number of carbonyl (C=O) groups excluding carboxylic acids is 3. The van der Waals surface area contributed by atoms with Gasteiger partial charge in [-0.25, -0.2) is 8.42 Å². The normalized spacial score (nSPS) is 15.7. The molecule has 2 amide bonds. The van der Waals surface area contributed by atoms with Gasteiger partial charge in [0.2, 0.25) is 10.0 Å². The van der Waals surface area contributed by atoms with E-state index >= 15 is 0 Å². The van der Waals surface area contributed by atoms with Crippen LogP contribution in [-0.2, 0) is 16.6 Å². The lowest BCUT2D eigenvalue weighted by molar-refractivity contribution is -0.387. The lowest BCUT2D eigenvalue weighted by atomic mass is 9.93. The van der Waals surface area contributed by atoms with E-state index in [0.29, 0.717) is 31.7 Å². The van der Waals surface area contributed by atoms with Crippen LogP contribution < -0.4 is 5.32 Å². The molecule has 540 valence electrons. The Morgan fingerprint density at radius 1 is 0.448 bits per heavy atom. The zero-order chi connectivity index (χ0) is 73.4. The number of aromatic nitrogens is 3. The number of nitro benzene ring substituents is 1.